The van der Waals surface area contributed by atoms with Crippen LogP contribution in [0.15, 0.2) is 0 Å². The molecule has 3 unspecified atom stereocenters. The summed E-state index contributed by atoms with van der Waals surface area (Å²) in [5.74, 6) is -0.260. The van der Waals surface area contributed by atoms with E-state index in [9.17, 15) is 4.79 Å². The van der Waals surface area contributed by atoms with Crippen molar-refractivity contribution in [3.63, 3.8) is 0 Å². The molecule has 3 N–H and O–H groups in total. The first kappa shape index (κ1) is 10.9. The van der Waals surface area contributed by atoms with Crippen molar-refractivity contribution in [1.82, 2.24) is 10.2 Å². The molecule has 0 bridgehead atoms. The quantitative estimate of drug-likeness (QED) is 0.684. The monoisotopic (exact) mass is 211 g/mol. The lowest BCUT2D eigenvalue weighted by Gasteiger charge is -2.22. The van der Waals surface area contributed by atoms with Gasteiger partial charge in [0.25, 0.3) is 0 Å². The molecule has 1 amide bonds. The summed E-state index contributed by atoms with van der Waals surface area (Å²) >= 11 is 0. The highest BCUT2D eigenvalue weighted by Crippen LogP contribution is 2.27. The van der Waals surface area contributed by atoms with Gasteiger partial charge in [0.15, 0.2) is 0 Å². The Bertz CT molecular complexity index is 244. The number of fused-ring (bicyclic) bond motifs is 1. The molecule has 0 aromatic rings. The number of nitrogens with zero attached hydrogens (tertiary/aromatic N) is 1. The second-order valence-corrected chi connectivity index (χ2v) is 4.85. The number of amides is 1. The van der Waals surface area contributed by atoms with Gasteiger partial charge in [-0.3, -0.25) is 9.69 Å². The molecule has 0 radical (unpaired) electrons. The second kappa shape index (κ2) is 4.49. The van der Waals surface area contributed by atoms with Crippen molar-refractivity contribution in [3.8, 4) is 0 Å². The summed E-state index contributed by atoms with van der Waals surface area (Å²) in [7, 11) is 0. The van der Waals surface area contributed by atoms with Crippen LogP contribution in [0.3, 0.4) is 0 Å². The summed E-state index contributed by atoms with van der Waals surface area (Å²) in [5, 5.41) is 3.49. The van der Waals surface area contributed by atoms with Gasteiger partial charge in [0.2, 0.25) is 5.91 Å². The van der Waals surface area contributed by atoms with Crippen LogP contribution in [-0.2, 0) is 4.79 Å². The molecule has 2 saturated heterocycles. The number of primary amides is 1. The van der Waals surface area contributed by atoms with Crippen LogP contribution >= 0.6 is 0 Å². The molecule has 0 spiro atoms. The average Bonchev–Trinajstić information content (AvgIpc) is 2.76. The molecule has 3 atom stereocenters. The number of nitrogens with one attached hydrogen (secondary N) is 1. The Morgan fingerprint density at radius 1 is 1.53 bits per heavy atom. The third-order valence-electron chi connectivity index (χ3n) is 3.78. The molecule has 86 valence electrons. The Kier molecular flexibility index (Phi) is 3.26. The summed E-state index contributed by atoms with van der Waals surface area (Å²) in [5.41, 5.74) is 5.24. The molecule has 0 aromatic heterocycles. The predicted octanol–water partition coefficient (Wildman–Crippen LogP) is -0.0659. The first-order valence-electron chi connectivity index (χ1n) is 5.95. The predicted molar refractivity (Wildman–Crippen MR) is 59.4 cm³/mol. The molecule has 15 heavy (non-hydrogen) atoms. The maximum Gasteiger partial charge on any atom is 0.221 e. The van der Waals surface area contributed by atoms with Crippen LogP contribution in [0.25, 0.3) is 0 Å². The Balaban J connectivity index is 1.78. The van der Waals surface area contributed by atoms with E-state index in [2.05, 4.69) is 10.2 Å². The molecule has 2 fully saturated rings. The maximum atomic E-state index is 10.9. The minimum atomic E-state index is -0.205. The van der Waals surface area contributed by atoms with Crippen molar-refractivity contribution in [2.75, 3.05) is 19.6 Å². The summed E-state index contributed by atoms with van der Waals surface area (Å²) in [6.07, 6.45) is 3.85. The Morgan fingerprint density at radius 2 is 2.33 bits per heavy atom. The topological polar surface area (TPSA) is 58.4 Å². The van der Waals surface area contributed by atoms with Gasteiger partial charge in [-0.05, 0) is 25.8 Å². The van der Waals surface area contributed by atoms with E-state index >= 15 is 0 Å². The van der Waals surface area contributed by atoms with Crippen molar-refractivity contribution in [2.45, 2.75) is 38.3 Å². The van der Waals surface area contributed by atoms with Crippen molar-refractivity contribution in [2.24, 2.45) is 11.7 Å². The van der Waals surface area contributed by atoms with E-state index in [1.807, 2.05) is 6.92 Å². The molecular formula is C11H21N3O. The van der Waals surface area contributed by atoms with Gasteiger partial charge in [-0.25, -0.2) is 0 Å². The highest BCUT2D eigenvalue weighted by atomic mass is 16.1. The fraction of sp³-hybridized carbons (Fsp3) is 0.909. The lowest BCUT2D eigenvalue weighted by molar-refractivity contribution is -0.121. The molecule has 0 saturated carbocycles. The van der Waals surface area contributed by atoms with Gasteiger partial charge < -0.3 is 11.1 Å². The van der Waals surface area contributed by atoms with Crippen LogP contribution in [0, 0.1) is 5.92 Å². The first-order valence-corrected chi connectivity index (χ1v) is 5.95. The Hall–Kier alpha value is -0.610. The van der Waals surface area contributed by atoms with Crippen molar-refractivity contribution in [3.05, 3.63) is 0 Å². The van der Waals surface area contributed by atoms with Crippen LogP contribution < -0.4 is 11.1 Å². The maximum absolute atomic E-state index is 10.9. The van der Waals surface area contributed by atoms with Crippen LogP contribution in [-0.4, -0.2) is 42.5 Å². The van der Waals surface area contributed by atoms with Crippen molar-refractivity contribution < 1.29 is 4.79 Å². The number of rotatable bonds is 4. The normalized spacial score (nSPS) is 32.9. The Labute approximate surface area is 91.2 Å². The Morgan fingerprint density at radius 3 is 3.07 bits per heavy atom. The third kappa shape index (κ3) is 2.32. The van der Waals surface area contributed by atoms with Crippen LogP contribution in [0.4, 0.5) is 0 Å². The number of nitrogens with two attached hydrogens (primary N) is 1. The van der Waals surface area contributed by atoms with Crippen LogP contribution in [0.5, 0.6) is 0 Å². The lowest BCUT2D eigenvalue weighted by atomic mass is 10.1. The second-order valence-electron chi connectivity index (χ2n) is 4.85. The SMILES string of the molecule is CC(CNC1CCN2CCCC12)C(N)=O. The minimum Gasteiger partial charge on any atom is -0.369 e. The van der Waals surface area contributed by atoms with Gasteiger partial charge in [0.05, 0.1) is 0 Å². The highest BCUT2D eigenvalue weighted by molar-refractivity contribution is 5.76. The third-order valence-corrected chi connectivity index (χ3v) is 3.78. The van der Waals surface area contributed by atoms with Gasteiger partial charge in [-0.1, -0.05) is 6.92 Å². The molecule has 4 nitrogen and oxygen atoms in total. The fourth-order valence-electron chi connectivity index (χ4n) is 2.75. The molecule has 0 aliphatic carbocycles. The van der Waals surface area contributed by atoms with Gasteiger partial charge in [0, 0.05) is 31.1 Å². The minimum absolute atomic E-state index is 0.0551. The van der Waals surface area contributed by atoms with Crippen LogP contribution in [0.1, 0.15) is 26.2 Å². The van der Waals surface area contributed by atoms with Gasteiger partial charge >= 0.3 is 0 Å². The smallest absolute Gasteiger partial charge is 0.221 e. The molecule has 2 aliphatic rings. The average molecular weight is 211 g/mol. The lowest BCUT2D eigenvalue weighted by Crippen LogP contribution is -2.42. The van der Waals surface area contributed by atoms with E-state index < -0.39 is 0 Å². The van der Waals surface area contributed by atoms with E-state index in [1.165, 1.54) is 32.4 Å². The van der Waals surface area contributed by atoms with E-state index in [0.29, 0.717) is 12.1 Å². The highest BCUT2D eigenvalue weighted by Gasteiger charge is 2.36. The zero-order chi connectivity index (χ0) is 10.8. The van der Waals surface area contributed by atoms with E-state index in [1.54, 1.807) is 0 Å². The standard InChI is InChI=1S/C11H21N3O/c1-8(11(12)15)7-13-9-4-6-14-5-2-3-10(9)14/h8-10,13H,2-7H2,1H3,(H2,12,15). The molecule has 4 heteroatoms. The zero-order valence-electron chi connectivity index (χ0n) is 9.41. The van der Waals surface area contributed by atoms with Gasteiger partial charge in [-0.15, -0.1) is 0 Å². The van der Waals surface area contributed by atoms with Crippen molar-refractivity contribution >= 4 is 5.91 Å². The summed E-state index contributed by atoms with van der Waals surface area (Å²) in [6, 6.07) is 1.29. The molecule has 2 rings (SSSR count). The zero-order valence-corrected chi connectivity index (χ0v) is 9.41. The van der Waals surface area contributed by atoms with E-state index in [0.717, 1.165) is 6.54 Å². The summed E-state index contributed by atoms with van der Waals surface area (Å²) < 4.78 is 0. The molecule has 2 heterocycles. The van der Waals surface area contributed by atoms with Gasteiger partial charge in [-0.2, -0.15) is 0 Å². The molecule has 2 aliphatic heterocycles. The summed E-state index contributed by atoms with van der Waals surface area (Å²) in [6.45, 7) is 5.09. The number of hydrogen-bond donors (Lipinski definition) is 2. The molecule has 0 aromatic carbocycles. The number of carbonyl (C=O) groups excluding carboxylic acids is 1. The van der Waals surface area contributed by atoms with E-state index in [-0.39, 0.29) is 11.8 Å². The largest absolute Gasteiger partial charge is 0.369 e. The number of carbonyl (C=O) groups is 1. The van der Waals surface area contributed by atoms with E-state index in [4.69, 9.17) is 5.73 Å². The van der Waals surface area contributed by atoms with Gasteiger partial charge in [0.1, 0.15) is 0 Å². The fourth-order valence-corrected chi connectivity index (χ4v) is 2.75. The molecular weight excluding hydrogens is 190 g/mol. The number of hydrogen-bond acceptors (Lipinski definition) is 3. The summed E-state index contributed by atoms with van der Waals surface area (Å²) in [4.78, 5) is 13.5. The van der Waals surface area contributed by atoms with Crippen molar-refractivity contribution in [1.29, 1.82) is 0 Å². The first-order chi connectivity index (χ1) is 7.18. The van der Waals surface area contributed by atoms with Crippen LogP contribution in [0.2, 0.25) is 0 Å².